The van der Waals surface area contributed by atoms with Gasteiger partial charge in [0.15, 0.2) is 5.69 Å². The maximum atomic E-state index is 13.2. The van der Waals surface area contributed by atoms with Crippen LogP contribution in [0.2, 0.25) is 0 Å². The van der Waals surface area contributed by atoms with Crippen molar-refractivity contribution in [2.45, 2.75) is 6.92 Å². The highest BCUT2D eigenvalue weighted by atomic mass is 16.5. The summed E-state index contributed by atoms with van der Waals surface area (Å²) in [5.74, 6) is 0.638. The first kappa shape index (κ1) is 25.6. The van der Waals surface area contributed by atoms with Gasteiger partial charge < -0.3 is 24.8 Å². The summed E-state index contributed by atoms with van der Waals surface area (Å²) >= 11 is 0. The van der Waals surface area contributed by atoms with Gasteiger partial charge in [-0.1, -0.05) is 6.07 Å². The number of morpholine rings is 1. The lowest BCUT2D eigenvalue weighted by Crippen LogP contribution is -2.44. The van der Waals surface area contributed by atoms with E-state index in [9.17, 15) is 4.79 Å². The van der Waals surface area contributed by atoms with Gasteiger partial charge in [-0.15, -0.1) is 0 Å². The van der Waals surface area contributed by atoms with Crippen LogP contribution >= 0.6 is 0 Å². The molecule has 0 saturated carbocycles. The number of anilines is 2. The number of pyridine rings is 1. The van der Waals surface area contributed by atoms with Gasteiger partial charge in [-0.2, -0.15) is 5.10 Å². The fraction of sp³-hybridized carbons (Fsp3) is 0.357. The number of benzene rings is 1. The summed E-state index contributed by atoms with van der Waals surface area (Å²) in [6, 6.07) is 9.80. The molecule has 2 aliphatic heterocycles. The largest absolute Gasteiger partial charge is 0.378 e. The molecular weight excluding hydrogens is 480 g/mol. The number of ether oxygens (including phenoxy) is 1. The van der Waals surface area contributed by atoms with Gasteiger partial charge in [0.2, 0.25) is 0 Å². The fourth-order valence-corrected chi connectivity index (χ4v) is 4.74. The Morgan fingerprint density at radius 3 is 2.63 bits per heavy atom. The van der Waals surface area contributed by atoms with E-state index >= 15 is 0 Å². The van der Waals surface area contributed by atoms with Gasteiger partial charge in [-0.3, -0.25) is 14.9 Å². The van der Waals surface area contributed by atoms with Crippen LogP contribution in [-0.4, -0.2) is 97.1 Å². The van der Waals surface area contributed by atoms with E-state index in [1.54, 1.807) is 12.4 Å². The number of piperazine rings is 1. The Morgan fingerprint density at radius 2 is 1.92 bits per heavy atom. The van der Waals surface area contributed by atoms with Crippen molar-refractivity contribution in [2.75, 3.05) is 69.7 Å². The monoisotopic (exact) mass is 514 g/mol. The predicted molar refractivity (Wildman–Crippen MR) is 152 cm³/mol. The van der Waals surface area contributed by atoms with Gasteiger partial charge in [0.1, 0.15) is 5.82 Å². The highest BCUT2D eigenvalue weighted by Crippen LogP contribution is 2.25. The van der Waals surface area contributed by atoms with E-state index in [4.69, 9.17) is 4.74 Å². The zero-order valence-corrected chi connectivity index (χ0v) is 22.0. The summed E-state index contributed by atoms with van der Waals surface area (Å²) < 4.78 is 5.48. The number of amides is 1. The number of likely N-dealkylation sites (N-methyl/N-ethyl adjacent to an activating group) is 1. The summed E-state index contributed by atoms with van der Waals surface area (Å²) in [4.78, 5) is 28.5. The Kier molecular flexibility index (Phi) is 7.81. The first-order valence-electron chi connectivity index (χ1n) is 12.9. The molecule has 0 bridgehead atoms. The molecule has 10 heteroatoms. The number of rotatable bonds is 7. The van der Waals surface area contributed by atoms with Gasteiger partial charge in [0.05, 0.1) is 36.3 Å². The number of aromatic nitrogens is 3. The van der Waals surface area contributed by atoms with E-state index in [2.05, 4.69) is 60.0 Å². The molecule has 2 saturated heterocycles. The van der Waals surface area contributed by atoms with Crippen molar-refractivity contribution in [1.29, 1.82) is 0 Å². The molecule has 0 radical (unpaired) electrons. The molecule has 1 aromatic carbocycles. The van der Waals surface area contributed by atoms with Gasteiger partial charge in [-0.25, -0.2) is 4.98 Å². The lowest BCUT2D eigenvalue weighted by atomic mass is 10.0. The number of allylic oxidation sites excluding steroid dienone is 2. The smallest absolute Gasteiger partial charge is 0.276 e. The van der Waals surface area contributed by atoms with Gasteiger partial charge in [-0.05, 0) is 62.2 Å². The Bertz CT molecular complexity index is 1350. The number of aromatic amines is 1. The molecule has 0 unspecified atom stereocenters. The van der Waals surface area contributed by atoms with Crippen LogP contribution in [0.3, 0.4) is 0 Å². The number of nitrogens with one attached hydrogen (secondary N) is 2. The topological polar surface area (TPSA) is 102 Å². The minimum atomic E-state index is -0.283. The van der Waals surface area contributed by atoms with Crippen LogP contribution in [0, 0.1) is 0 Å². The standard InChI is InChI=1S/C28H34N8O2/c1-20(16-23(19-29-2)35-12-14-38-15-13-35)21-4-6-25-24(17-21)27(33-32-25)28(37)31-22-5-7-26(30-18-22)36-10-8-34(3)9-11-36/h4-7,16-19H,2,8-15H2,1,3H3,(H,31,37)(H,32,33)/b20-16+,23-19+. The second-order valence-electron chi connectivity index (χ2n) is 9.65. The molecule has 198 valence electrons. The minimum Gasteiger partial charge on any atom is -0.378 e. The number of nitrogens with zero attached hydrogens (tertiary/aromatic N) is 6. The van der Waals surface area contributed by atoms with Crippen molar-refractivity contribution in [3.63, 3.8) is 0 Å². The predicted octanol–water partition coefficient (Wildman–Crippen LogP) is 3.24. The summed E-state index contributed by atoms with van der Waals surface area (Å²) in [5.41, 5.74) is 4.80. The van der Waals surface area contributed by atoms with Crippen LogP contribution in [0.25, 0.3) is 16.5 Å². The Morgan fingerprint density at radius 1 is 1.13 bits per heavy atom. The molecule has 0 spiro atoms. The van der Waals surface area contributed by atoms with E-state index in [0.717, 1.165) is 72.8 Å². The number of aliphatic imine (C=N–C) groups is 1. The minimum absolute atomic E-state index is 0.283. The molecule has 4 heterocycles. The van der Waals surface area contributed by atoms with Gasteiger partial charge in [0, 0.05) is 50.9 Å². The number of hydrogen-bond acceptors (Lipinski definition) is 8. The van der Waals surface area contributed by atoms with Gasteiger partial charge >= 0.3 is 0 Å². The van der Waals surface area contributed by atoms with E-state index < -0.39 is 0 Å². The quantitative estimate of drug-likeness (QED) is 0.369. The number of H-pyrrole nitrogens is 1. The molecule has 3 aromatic rings. The SMILES string of the molecule is C=N/C=C(\C=C(/C)c1ccc2[nH]nc(C(=O)Nc3ccc(N4CCN(C)CC4)nc3)c2c1)N1CCOCC1. The Hall–Kier alpha value is -4.02. The van der Waals surface area contributed by atoms with Crippen molar-refractivity contribution in [2.24, 2.45) is 4.99 Å². The third-order valence-corrected chi connectivity index (χ3v) is 7.03. The lowest BCUT2D eigenvalue weighted by Gasteiger charge is -2.33. The van der Waals surface area contributed by atoms with Crippen LogP contribution in [0.5, 0.6) is 0 Å². The third-order valence-electron chi connectivity index (χ3n) is 7.03. The second-order valence-corrected chi connectivity index (χ2v) is 9.65. The first-order valence-corrected chi connectivity index (χ1v) is 12.9. The molecule has 2 aliphatic rings. The average molecular weight is 515 g/mol. The Labute approximate surface area is 222 Å². The third kappa shape index (κ3) is 5.76. The molecule has 2 N–H and O–H groups in total. The van der Waals surface area contributed by atoms with Crippen LogP contribution in [0.4, 0.5) is 11.5 Å². The van der Waals surface area contributed by atoms with Crippen LogP contribution in [0.1, 0.15) is 23.0 Å². The number of fused-ring (bicyclic) bond motifs is 1. The number of carbonyl (C=O) groups excluding carboxylic acids is 1. The average Bonchev–Trinajstić information content (AvgIpc) is 3.38. The van der Waals surface area contributed by atoms with Crippen molar-refractivity contribution in [3.05, 3.63) is 65.8 Å². The molecule has 38 heavy (non-hydrogen) atoms. The molecule has 5 rings (SSSR count). The van der Waals surface area contributed by atoms with Crippen LogP contribution in [0.15, 0.2) is 59.5 Å². The van der Waals surface area contributed by atoms with Crippen molar-refractivity contribution >= 4 is 40.6 Å². The van der Waals surface area contributed by atoms with Crippen molar-refractivity contribution in [1.82, 2.24) is 25.0 Å². The lowest BCUT2D eigenvalue weighted by molar-refractivity contribution is 0.0553. The highest BCUT2D eigenvalue weighted by molar-refractivity contribution is 6.11. The van der Waals surface area contributed by atoms with E-state index in [1.807, 2.05) is 37.3 Å². The van der Waals surface area contributed by atoms with E-state index in [-0.39, 0.29) is 5.91 Å². The molecular formula is C28H34N8O2. The van der Waals surface area contributed by atoms with E-state index in [1.165, 1.54) is 0 Å². The van der Waals surface area contributed by atoms with Crippen molar-refractivity contribution < 1.29 is 9.53 Å². The van der Waals surface area contributed by atoms with Gasteiger partial charge in [0.25, 0.3) is 5.91 Å². The molecule has 2 aromatic heterocycles. The maximum absolute atomic E-state index is 13.2. The summed E-state index contributed by atoms with van der Waals surface area (Å²) in [7, 11) is 2.13. The highest BCUT2D eigenvalue weighted by Gasteiger charge is 2.18. The number of carbonyl (C=O) groups is 1. The Balaban J connectivity index is 1.32. The summed E-state index contributed by atoms with van der Waals surface area (Å²) in [5, 5.41) is 11.0. The van der Waals surface area contributed by atoms with E-state index in [0.29, 0.717) is 24.6 Å². The molecule has 10 nitrogen and oxygen atoms in total. The summed E-state index contributed by atoms with van der Waals surface area (Å²) in [6.07, 6.45) is 5.56. The maximum Gasteiger partial charge on any atom is 0.276 e. The molecule has 0 atom stereocenters. The zero-order valence-electron chi connectivity index (χ0n) is 22.0. The summed E-state index contributed by atoms with van der Waals surface area (Å²) in [6.45, 7) is 12.6. The normalized spacial score (nSPS) is 17.6. The first-order chi connectivity index (χ1) is 18.5. The van der Waals surface area contributed by atoms with Crippen LogP contribution < -0.4 is 10.2 Å². The fourth-order valence-electron chi connectivity index (χ4n) is 4.74. The second kappa shape index (κ2) is 11.6. The molecule has 0 aliphatic carbocycles. The molecule has 1 amide bonds. The van der Waals surface area contributed by atoms with Crippen LogP contribution in [-0.2, 0) is 4.74 Å². The van der Waals surface area contributed by atoms with Crippen molar-refractivity contribution in [3.8, 4) is 0 Å². The zero-order chi connectivity index (χ0) is 26.5. The number of hydrogen-bond donors (Lipinski definition) is 2. The molecule has 2 fully saturated rings.